The van der Waals surface area contributed by atoms with E-state index >= 15 is 0 Å². The minimum Gasteiger partial charge on any atom is -0.481 e. The molecule has 1 unspecified atom stereocenters. The van der Waals surface area contributed by atoms with Crippen molar-refractivity contribution in [2.45, 2.75) is 18.8 Å². The standard InChI is InChI=1S/C15H17NO3/c17-14(12-8-13(12)15(18)19)16-7-6-11(9-16)10-4-2-1-3-5-10/h1-5,11-13H,6-9H2,(H,18,19)/t11?,12-,13+/m1/s1. The molecule has 1 N–H and O–H groups in total. The van der Waals surface area contributed by atoms with E-state index in [9.17, 15) is 9.59 Å². The molecule has 1 saturated carbocycles. The van der Waals surface area contributed by atoms with E-state index in [0.29, 0.717) is 12.3 Å². The Kier molecular flexibility index (Phi) is 3.01. The van der Waals surface area contributed by atoms with Crippen LogP contribution in [0.4, 0.5) is 0 Å². The van der Waals surface area contributed by atoms with Crippen LogP contribution in [0.2, 0.25) is 0 Å². The number of benzene rings is 1. The van der Waals surface area contributed by atoms with E-state index < -0.39 is 11.9 Å². The molecule has 4 heteroatoms. The lowest BCUT2D eigenvalue weighted by Crippen LogP contribution is -2.30. The van der Waals surface area contributed by atoms with Gasteiger partial charge in [-0.25, -0.2) is 0 Å². The van der Waals surface area contributed by atoms with Crippen LogP contribution in [0.5, 0.6) is 0 Å². The van der Waals surface area contributed by atoms with Gasteiger partial charge in [0.15, 0.2) is 0 Å². The molecule has 0 bridgehead atoms. The topological polar surface area (TPSA) is 57.6 Å². The summed E-state index contributed by atoms with van der Waals surface area (Å²) in [5.41, 5.74) is 1.27. The smallest absolute Gasteiger partial charge is 0.307 e. The molecule has 1 amide bonds. The van der Waals surface area contributed by atoms with Crippen LogP contribution >= 0.6 is 0 Å². The number of hydrogen-bond acceptors (Lipinski definition) is 2. The number of carbonyl (C=O) groups is 2. The fourth-order valence-electron chi connectivity index (χ4n) is 2.93. The van der Waals surface area contributed by atoms with Gasteiger partial charge in [0.05, 0.1) is 11.8 Å². The van der Waals surface area contributed by atoms with Crippen LogP contribution in [0, 0.1) is 11.8 Å². The molecular formula is C15H17NO3. The van der Waals surface area contributed by atoms with Crippen molar-refractivity contribution in [3.8, 4) is 0 Å². The first-order chi connectivity index (χ1) is 9.16. The summed E-state index contributed by atoms with van der Waals surface area (Å²) in [7, 11) is 0. The predicted octanol–water partition coefficient (Wildman–Crippen LogP) is 1.72. The monoisotopic (exact) mass is 259 g/mol. The van der Waals surface area contributed by atoms with Crippen LogP contribution in [-0.4, -0.2) is 35.0 Å². The van der Waals surface area contributed by atoms with E-state index in [4.69, 9.17) is 5.11 Å². The van der Waals surface area contributed by atoms with Crippen molar-refractivity contribution in [3.63, 3.8) is 0 Å². The van der Waals surface area contributed by atoms with Crippen LogP contribution < -0.4 is 0 Å². The highest BCUT2D eigenvalue weighted by Gasteiger charge is 2.50. The Balaban J connectivity index is 1.61. The van der Waals surface area contributed by atoms with Gasteiger partial charge in [0.2, 0.25) is 5.91 Å². The number of hydrogen-bond donors (Lipinski definition) is 1. The molecule has 1 saturated heterocycles. The normalized spacial score (nSPS) is 29.3. The maximum atomic E-state index is 12.2. The van der Waals surface area contributed by atoms with Crippen LogP contribution in [0.25, 0.3) is 0 Å². The molecule has 19 heavy (non-hydrogen) atoms. The Morgan fingerprint density at radius 3 is 2.53 bits per heavy atom. The maximum absolute atomic E-state index is 12.2. The first-order valence-electron chi connectivity index (χ1n) is 6.73. The summed E-state index contributed by atoms with van der Waals surface area (Å²) in [5.74, 6) is -1.12. The quantitative estimate of drug-likeness (QED) is 0.899. The largest absolute Gasteiger partial charge is 0.481 e. The molecule has 1 aliphatic heterocycles. The average Bonchev–Trinajstić information content (AvgIpc) is 3.08. The number of aliphatic carboxylic acids is 1. The molecule has 0 spiro atoms. The van der Waals surface area contributed by atoms with Crippen molar-refractivity contribution >= 4 is 11.9 Å². The lowest BCUT2D eigenvalue weighted by atomic mass is 9.99. The zero-order valence-corrected chi connectivity index (χ0v) is 10.7. The van der Waals surface area contributed by atoms with E-state index in [2.05, 4.69) is 12.1 Å². The molecule has 1 heterocycles. The number of nitrogens with zero attached hydrogens (tertiary/aromatic N) is 1. The minimum atomic E-state index is -0.836. The third-order valence-corrected chi connectivity index (χ3v) is 4.20. The summed E-state index contributed by atoms with van der Waals surface area (Å²) >= 11 is 0. The zero-order valence-electron chi connectivity index (χ0n) is 10.7. The Morgan fingerprint density at radius 1 is 1.16 bits per heavy atom. The van der Waals surface area contributed by atoms with Gasteiger partial charge in [-0.3, -0.25) is 9.59 Å². The van der Waals surface area contributed by atoms with Crippen molar-refractivity contribution in [2.24, 2.45) is 11.8 Å². The SMILES string of the molecule is O=C(O)[C@H]1C[C@H]1C(=O)N1CCC(c2ccccc2)C1. The number of amides is 1. The van der Waals surface area contributed by atoms with Crippen molar-refractivity contribution < 1.29 is 14.7 Å². The number of likely N-dealkylation sites (tertiary alicyclic amines) is 1. The first kappa shape index (κ1) is 12.2. The van der Waals surface area contributed by atoms with Crippen LogP contribution in [0.15, 0.2) is 30.3 Å². The molecule has 3 rings (SSSR count). The van der Waals surface area contributed by atoms with Gasteiger partial charge in [-0.1, -0.05) is 30.3 Å². The molecule has 1 aromatic carbocycles. The lowest BCUT2D eigenvalue weighted by molar-refractivity contribution is -0.141. The molecule has 3 atom stereocenters. The molecule has 0 radical (unpaired) electrons. The third-order valence-electron chi connectivity index (χ3n) is 4.20. The summed E-state index contributed by atoms with van der Waals surface area (Å²) in [6.45, 7) is 1.48. The number of carboxylic acids is 1. The Bertz CT molecular complexity index is 499. The highest BCUT2D eigenvalue weighted by molar-refractivity contribution is 5.89. The fraction of sp³-hybridized carbons (Fsp3) is 0.467. The van der Waals surface area contributed by atoms with Crippen LogP contribution in [0.1, 0.15) is 24.3 Å². The molecule has 0 aromatic heterocycles. The second-order valence-electron chi connectivity index (χ2n) is 5.47. The molecule has 1 aromatic rings. The van der Waals surface area contributed by atoms with E-state index in [1.54, 1.807) is 0 Å². The van der Waals surface area contributed by atoms with Gasteiger partial charge in [0, 0.05) is 19.0 Å². The molecule has 100 valence electrons. The van der Waals surface area contributed by atoms with E-state index in [-0.39, 0.29) is 11.8 Å². The van der Waals surface area contributed by atoms with Crippen molar-refractivity contribution in [3.05, 3.63) is 35.9 Å². The Hall–Kier alpha value is -1.84. The third kappa shape index (κ3) is 2.35. The molecular weight excluding hydrogens is 242 g/mol. The number of carbonyl (C=O) groups excluding carboxylic acids is 1. The second kappa shape index (κ2) is 4.68. The van der Waals surface area contributed by atoms with Crippen LogP contribution in [-0.2, 0) is 9.59 Å². The van der Waals surface area contributed by atoms with Crippen molar-refractivity contribution in [1.82, 2.24) is 4.90 Å². The Labute approximate surface area is 112 Å². The zero-order chi connectivity index (χ0) is 13.4. The van der Waals surface area contributed by atoms with E-state index in [1.165, 1.54) is 5.56 Å². The van der Waals surface area contributed by atoms with E-state index in [0.717, 1.165) is 19.5 Å². The number of carboxylic acid groups (broad SMARTS) is 1. The van der Waals surface area contributed by atoms with Crippen LogP contribution in [0.3, 0.4) is 0 Å². The van der Waals surface area contributed by atoms with Gasteiger partial charge < -0.3 is 10.0 Å². The van der Waals surface area contributed by atoms with E-state index in [1.807, 2.05) is 23.1 Å². The maximum Gasteiger partial charge on any atom is 0.307 e. The predicted molar refractivity (Wildman–Crippen MR) is 69.6 cm³/mol. The molecule has 2 fully saturated rings. The van der Waals surface area contributed by atoms with Gasteiger partial charge in [0.25, 0.3) is 0 Å². The van der Waals surface area contributed by atoms with Gasteiger partial charge in [-0.15, -0.1) is 0 Å². The minimum absolute atomic E-state index is 0.0332. The average molecular weight is 259 g/mol. The fourth-order valence-corrected chi connectivity index (χ4v) is 2.93. The summed E-state index contributed by atoms with van der Waals surface area (Å²) in [4.78, 5) is 24.8. The lowest BCUT2D eigenvalue weighted by Gasteiger charge is -2.16. The molecule has 1 aliphatic carbocycles. The van der Waals surface area contributed by atoms with Gasteiger partial charge in [-0.05, 0) is 18.4 Å². The summed E-state index contributed by atoms with van der Waals surface area (Å²) < 4.78 is 0. The van der Waals surface area contributed by atoms with Crippen molar-refractivity contribution in [1.29, 1.82) is 0 Å². The number of rotatable bonds is 3. The van der Waals surface area contributed by atoms with Gasteiger partial charge >= 0.3 is 5.97 Å². The highest BCUT2D eigenvalue weighted by Crippen LogP contribution is 2.41. The summed E-state index contributed by atoms with van der Waals surface area (Å²) in [6, 6.07) is 10.2. The second-order valence-corrected chi connectivity index (χ2v) is 5.47. The van der Waals surface area contributed by atoms with Gasteiger partial charge in [0.1, 0.15) is 0 Å². The highest BCUT2D eigenvalue weighted by atomic mass is 16.4. The summed E-state index contributed by atoms with van der Waals surface area (Å²) in [5, 5.41) is 8.87. The molecule has 2 aliphatic rings. The summed E-state index contributed by atoms with van der Waals surface area (Å²) in [6.07, 6.45) is 1.49. The first-order valence-corrected chi connectivity index (χ1v) is 6.73. The molecule has 4 nitrogen and oxygen atoms in total. The van der Waals surface area contributed by atoms with Gasteiger partial charge in [-0.2, -0.15) is 0 Å². The van der Waals surface area contributed by atoms with Crippen molar-refractivity contribution in [2.75, 3.05) is 13.1 Å². The Morgan fingerprint density at radius 2 is 1.89 bits per heavy atom.